The van der Waals surface area contributed by atoms with Crippen LogP contribution in [0.5, 0.6) is 0 Å². The molecule has 0 unspecified atom stereocenters. The molecular formula is C15H10N2S. The first-order chi connectivity index (χ1) is 8.79. The number of benzene rings is 2. The molecule has 0 spiro atoms. The zero-order valence-electron chi connectivity index (χ0n) is 9.55. The molecule has 0 atom stereocenters. The van der Waals surface area contributed by atoms with Gasteiger partial charge in [-0.15, -0.1) is 11.3 Å². The van der Waals surface area contributed by atoms with Crippen molar-refractivity contribution >= 4 is 27.8 Å². The van der Waals surface area contributed by atoms with Crippen molar-refractivity contribution in [3.8, 4) is 16.5 Å². The summed E-state index contributed by atoms with van der Waals surface area (Å²) in [5.41, 5.74) is 7.51. The highest BCUT2D eigenvalue weighted by Gasteiger charge is 2.09. The third-order valence-electron chi connectivity index (χ3n) is 2.92. The van der Waals surface area contributed by atoms with E-state index in [0.717, 1.165) is 10.4 Å². The van der Waals surface area contributed by atoms with Gasteiger partial charge in [-0.2, -0.15) is 5.26 Å². The molecule has 2 N–H and O–H groups in total. The van der Waals surface area contributed by atoms with Gasteiger partial charge in [-0.25, -0.2) is 0 Å². The van der Waals surface area contributed by atoms with Crippen LogP contribution in [-0.4, -0.2) is 0 Å². The highest BCUT2D eigenvalue weighted by molar-refractivity contribution is 7.16. The highest BCUT2D eigenvalue weighted by Crippen LogP contribution is 2.36. The Bertz CT molecular complexity index is 760. The van der Waals surface area contributed by atoms with Crippen LogP contribution in [-0.2, 0) is 0 Å². The molecule has 0 saturated heterocycles. The van der Waals surface area contributed by atoms with Gasteiger partial charge >= 0.3 is 0 Å². The molecule has 0 fully saturated rings. The maximum Gasteiger partial charge on any atom is 0.128 e. The van der Waals surface area contributed by atoms with E-state index >= 15 is 0 Å². The Morgan fingerprint density at radius 1 is 1.06 bits per heavy atom. The molecular weight excluding hydrogens is 240 g/mol. The Hall–Kier alpha value is -2.31. The molecule has 1 heterocycles. The minimum Gasteiger partial charge on any atom is -0.397 e. The Morgan fingerprint density at radius 3 is 2.61 bits per heavy atom. The first-order valence-corrected chi connectivity index (χ1v) is 6.39. The van der Waals surface area contributed by atoms with E-state index in [1.807, 2.05) is 24.3 Å². The number of nitrogens with two attached hydrogens (primary N) is 1. The second-order valence-electron chi connectivity index (χ2n) is 4.03. The van der Waals surface area contributed by atoms with Crippen LogP contribution in [0.3, 0.4) is 0 Å². The number of rotatable bonds is 1. The van der Waals surface area contributed by atoms with Crippen LogP contribution < -0.4 is 5.73 Å². The Labute approximate surface area is 109 Å². The van der Waals surface area contributed by atoms with E-state index in [0.29, 0.717) is 10.6 Å². The minimum atomic E-state index is 0.561. The molecule has 0 amide bonds. The lowest BCUT2D eigenvalue weighted by Gasteiger charge is -2.03. The van der Waals surface area contributed by atoms with Gasteiger partial charge in [0.2, 0.25) is 0 Å². The van der Waals surface area contributed by atoms with Gasteiger partial charge in [0.25, 0.3) is 0 Å². The summed E-state index contributed by atoms with van der Waals surface area (Å²) in [7, 11) is 0. The molecule has 3 aromatic rings. The third kappa shape index (κ3) is 1.64. The molecule has 3 heteroatoms. The zero-order valence-corrected chi connectivity index (χ0v) is 10.4. The lowest BCUT2D eigenvalue weighted by atomic mass is 10.0. The maximum absolute atomic E-state index is 8.97. The first-order valence-electron chi connectivity index (χ1n) is 5.57. The van der Waals surface area contributed by atoms with Crippen molar-refractivity contribution in [1.82, 2.24) is 0 Å². The molecule has 18 heavy (non-hydrogen) atoms. The molecule has 2 nitrogen and oxygen atoms in total. The molecule has 3 rings (SSSR count). The first kappa shape index (κ1) is 10.8. The number of thiophene rings is 1. The van der Waals surface area contributed by atoms with Gasteiger partial charge in [0, 0.05) is 4.88 Å². The molecule has 0 radical (unpaired) electrons. The third-order valence-corrected chi connectivity index (χ3v) is 4.01. The summed E-state index contributed by atoms with van der Waals surface area (Å²) in [5.74, 6) is 0. The molecule has 0 aliphatic rings. The number of hydrogen-bond donors (Lipinski definition) is 1. The summed E-state index contributed by atoms with van der Waals surface area (Å²) in [6.07, 6.45) is 0. The molecule has 0 aliphatic heterocycles. The lowest BCUT2D eigenvalue weighted by Crippen LogP contribution is -1.81. The number of nitrogen functional groups attached to an aromatic ring is 1. The maximum atomic E-state index is 8.97. The predicted molar refractivity (Wildman–Crippen MR) is 76.4 cm³/mol. The van der Waals surface area contributed by atoms with Crippen molar-refractivity contribution in [2.75, 3.05) is 5.73 Å². The summed E-state index contributed by atoms with van der Waals surface area (Å²) in [5, 5.41) is 11.4. The van der Waals surface area contributed by atoms with Gasteiger partial charge in [-0.1, -0.05) is 42.5 Å². The minimum absolute atomic E-state index is 0.561. The fourth-order valence-electron chi connectivity index (χ4n) is 2.07. The van der Waals surface area contributed by atoms with Crippen LogP contribution in [0, 0.1) is 11.3 Å². The number of anilines is 1. The van der Waals surface area contributed by atoms with E-state index in [1.54, 1.807) is 0 Å². The van der Waals surface area contributed by atoms with Crippen LogP contribution in [0.25, 0.3) is 21.2 Å². The number of nitriles is 1. The second-order valence-corrected chi connectivity index (χ2v) is 5.09. The van der Waals surface area contributed by atoms with Gasteiger partial charge in [0.1, 0.15) is 10.9 Å². The van der Waals surface area contributed by atoms with Crippen LogP contribution in [0.2, 0.25) is 0 Å². The summed E-state index contributed by atoms with van der Waals surface area (Å²) < 4.78 is 0. The fraction of sp³-hybridized carbons (Fsp3) is 0. The molecule has 86 valence electrons. The zero-order chi connectivity index (χ0) is 12.5. The smallest absolute Gasteiger partial charge is 0.128 e. The Kier molecular flexibility index (Phi) is 2.51. The van der Waals surface area contributed by atoms with Crippen LogP contribution in [0.4, 0.5) is 5.69 Å². The number of fused-ring (bicyclic) bond motifs is 1. The van der Waals surface area contributed by atoms with Gasteiger partial charge < -0.3 is 5.73 Å². The van der Waals surface area contributed by atoms with E-state index in [1.165, 1.54) is 22.1 Å². The number of hydrogen-bond acceptors (Lipinski definition) is 3. The average Bonchev–Trinajstić information content (AvgIpc) is 2.79. The quantitative estimate of drug-likeness (QED) is 0.709. The molecule has 0 saturated carbocycles. The molecule has 0 bridgehead atoms. The van der Waals surface area contributed by atoms with Crippen molar-refractivity contribution < 1.29 is 0 Å². The van der Waals surface area contributed by atoms with E-state index < -0.39 is 0 Å². The lowest BCUT2D eigenvalue weighted by molar-refractivity contribution is 1.52. The van der Waals surface area contributed by atoms with Crippen LogP contribution >= 0.6 is 11.3 Å². The van der Waals surface area contributed by atoms with E-state index in [2.05, 4.69) is 30.3 Å². The standard InChI is InChI=1S/C15H10N2S/c16-9-15-13(17)8-14(18-15)12-7-3-5-10-4-1-2-6-11(10)12/h1-8H,17H2. The van der Waals surface area contributed by atoms with E-state index in [9.17, 15) is 0 Å². The normalized spacial score (nSPS) is 10.4. The second kappa shape index (κ2) is 4.17. The Morgan fingerprint density at radius 2 is 1.83 bits per heavy atom. The van der Waals surface area contributed by atoms with Gasteiger partial charge in [0.05, 0.1) is 5.69 Å². The van der Waals surface area contributed by atoms with Gasteiger partial charge in [-0.3, -0.25) is 0 Å². The summed E-state index contributed by atoms with van der Waals surface area (Å²) in [6, 6.07) is 18.4. The van der Waals surface area contributed by atoms with Gasteiger partial charge in [-0.05, 0) is 22.4 Å². The summed E-state index contributed by atoms with van der Waals surface area (Å²) in [4.78, 5) is 1.62. The monoisotopic (exact) mass is 250 g/mol. The summed E-state index contributed by atoms with van der Waals surface area (Å²) >= 11 is 1.44. The van der Waals surface area contributed by atoms with Gasteiger partial charge in [0.15, 0.2) is 0 Å². The van der Waals surface area contributed by atoms with E-state index in [-0.39, 0.29) is 0 Å². The number of nitrogens with zero attached hydrogens (tertiary/aromatic N) is 1. The van der Waals surface area contributed by atoms with Crippen molar-refractivity contribution in [2.45, 2.75) is 0 Å². The van der Waals surface area contributed by atoms with Crippen LogP contribution in [0.1, 0.15) is 4.88 Å². The van der Waals surface area contributed by atoms with Crippen molar-refractivity contribution in [2.24, 2.45) is 0 Å². The van der Waals surface area contributed by atoms with E-state index in [4.69, 9.17) is 11.0 Å². The predicted octanol–water partition coefficient (Wildman–Crippen LogP) is 4.02. The SMILES string of the molecule is N#Cc1sc(-c2cccc3ccccc23)cc1N. The topological polar surface area (TPSA) is 49.8 Å². The van der Waals surface area contributed by atoms with Crippen molar-refractivity contribution in [3.05, 3.63) is 53.4 Å². The summed E-state index contributed by atoms with van der Waals surface area (Å²) in [6.45, 7) is 0. The Balaban J connectivity index is 2.28. The van der Waals surface area contributed by atoms with Crippen LogP contribution in [0.15, 0.2) is 48.5 Å². The largest absolute Gasteiger partial charge is 0.397 e. The molecule has 1 aromatic heterocycles. The van der Waals surface area contributed by atoms with Crippen molar-refractivity contribution in [3.63, 3.8) is 0 Å². The fourth-order valence-corrected chi connectivity index (χ4v) is 2.98. The average molecular weight is 250 g/mol. The van der Waals surface area contributed by atoms with Crippen molar-refractivity contribution in [1.29, 1.82) is 5.26 Å². The molecule has 0 aliphatic carbocycles. The highest BCUT2D eigenvalue weighted by atomic mass is 32.1. The molecule has 2 aromatic carbocycles.